The van der Waals surface area contributed by atoms with E-state index < -0.39 is 5.75 Å². The van der Waals surface area contributed by atoms with Gasteiger partial charge in [0.1, 0.15) is 16.5 Å². The van der Waals surface area contributed by atoms with Gasteiger partial charge in [-0.2, -0.15) is 0 Å². The number of hydrogen-bond acceptors (Lipinski definition) is 2. The quantitative estimate of drug-likeness (QED) is 0.419. The summed E-state index contributed by atoms with van der Waals surface area (Å²) in [5.74, 6) is -0.698. The van der Waals surface area contributed by atoms with E-state index in [1.165, 1.54) is 12.1 Å². The fourth-order valence-electron chi connectivity index (χ4n) is 1.63. The van der Waals surface area contributed by atoms with Crippen molar-refractivity contribution in [3.8, 4) is 22.6 Å². The first-order chi connectivity index (χ1) is 9.27. The Labute approximate surface area is 144 Å². The van der Waals surface area contributed by atoms with E-state index in [1.54, 1.807) is 0 Å². The lowest BCUT2D eigenvalue weighted by molar-refractivity contribution is 0.469. The highest BCUT2D eigenvalue weighted by molar-refractivity contribution is 6.54. The summed E-state index contributed by atoms with van der Waals surface area (Å²) >= 11 is 35.6. The molecule has 0 aromatic heterocycles. The van der Waals surface area contributed by atoms with Crippen LogP contribution in [0.25, 0.3) is 11.1 Å². The van der Waals surface area contributed by atoms with E-state index in [4.69, 9.17) is 69.6 Å². The van der Waals surface area contributed by atoms with Gasteiger partial charge in [0.05, 0.1) is 30.7 Å². The molecule has 0 bridgehead atoms. The van der Waals surface area contributed by atoms with Crippen LogP contribution >= 0.6 is 69.6 Å². The third-order valence-corrected chi connectivity index (χ3v) is 5.16. The third-order valence-electron chi connectivity index (χ3n) is 2.57. The average molecular weight is 393 g/mol. The average Bonchev–Trinajstić information content (AvgIpc) is 2.42. The number of aromatic hydroxyl groups is 2. The van der Waals surface area contributed by atoms with Crippen LogP contribution in [0.3, 0.4) is 0 Å². The van der Waals surface area contributed by atoms with Crippen molar-refractivity contribution in [2.75, 3.05) is 0 Å². The van der Waals surface area contributed by atoms with Gasteiger partial charge in [-0.3, -0.25) is 0 Å². The highest BCUT2D eigenvalue weighted by atomic mass is 35.5. The fourth-order valence-corrected chi connectivity index (χ4v) is 2.98. The van der Waals surface area contributed by atoms with Gasteiger partial charge in [0, 0.05) is 5.56 Å². The molecule has 0 aliphatic heterocycles. The molecule has 0 atom stereocenters. The molecular weight excluding hydrogens is 389 g/mol. The molecule has 2 rings (SSSR count). The summed E-state index contributed by atoms with van der Waals surface area (Å²) < 4.78 is 0. The first kappa shape index (κ1) is 16.2. The van der Waals surface area contributed by atoms with E-state index in [1.807, 2.05) is 0 Å². The number of hydrogen-bond donors (Lipinski definition) is 2. The van der Waals surface area contributed by atoms with Crippen molar-refractivity contribution in [1.82, 2.24) is 0 Å². The van der Waals surface area contributed by atoms with Crippen LogP contribution in [0.2, 0.25) is 30.1 Å². The highest BCUT2D eigenvalue weighted by Gasteiger charge is 2.25. The van der Waals surface area contributed by atoms with Gasteiger partial charge in [-0.25, -0.2) is 0 Å². The van der Waals surface area contributed by atoms with E-state index in [9.17, 15) is 10.2 Å². The van der Waals surface area contributed by atoms with Crippen LogP contribution in [0.4, 0.5) is 0 Å². The molecule has 2 N–H and O–H groups in total. The lowest BCUT2D eigenvalue weighted by Gasteiger charge is -2.15. The lowest BCUT2D eigenvalue weighted by atomic mass is 10.0. The van der Waals surface area contributed by atoms with Gasteiger partial charge in [0.2, 0.25) is 0 Å². The molecule has 0 fully saturated rings. The Kier molecular flexibility index (Phi) is 4.75. The zero-order chi connectivity index (χ0) is 15.2. The Hall–Kier alpha value is -0.220. The minimum absolute atomic E-state index is 0.00155. The van der Waals surface area contributed by atoms with Gasteiger partial charge in [0.15, 0.2) is 0 Å². The third kappa shape index (κ3) is 2.50. The smallest absolute Gasteiger partial charge is 0.145 e. The van der Waals surface area contributed by atoms with Crippen molar-refractivity contribution < 1.29 is 10.2 Å². The summed E-state index contributed by atoms with van der Waals surface area (Å²) in [6, 6.07) is 2.70. The van der Waals surface area contributed by atoms with Gasteiger partial charge in [0.25, 0.3) is 0 Å². The van der Waals surface area contributed by atoms with Crippen LogP contribution in [0, 0.1) is 0 Å². The van der Waals surface area contributed by atoms with Crippen molar-refractivity contribution in [2.45, 2.75) is 0 Å². The molecule has 106 valence electrons. The van der Waals surface area contributed by atoms with E-state index in [0.717, 1.165) is 0 Å². The summed E-state index contributed by atoms with van der Waals surface area (Å²) in [7, 11) is 0. The molecule has 0 saturated carbocycles. The Balaban J connectivity index is 2.95. The number of rotatable bonds is 1. The minimum atomic E-state index is -0.453. The predicted molar refractivity (Wildman–Crippen MR) is 85.3 cm³/mol. The van der Waals surface area contributed by atoms with Crippen molar-refractivity contribution in [3.05, 3.63) is 42.3 Å². The van der Waals surface area contributed by atoms with E-state index in [2.05, 4.69) is 0 Å². The molecule has 0 amide bonds. The summed E-state index contributed by atoms with van der Waals surface area (Å²) in [4.78, 5) is 0. The molecule has 0 aliphatic carbocycles. The van der Waals surface area contributed by atoms with Crippen LogP contribution in [0.1, 0.15) is 0 Å². The maximum Gasteiger partial charge on any atom is 0.145 e. The zero-order valence-electron chi connectivity index (χ0n) is 9.32. The first-order valence-electron chi connectivity index (χ1n) is 4.99. The van der Waals surface area contributed by atoms with Gasteiger partial charge in [-0.05, 0) is 12.1 Å². The van der Waals surface area contributed by atoms with Gasteiger partial charge >= 0.3 is 0 Å². The molecule has 2 aromatic rings. The molecule has 0 aliphatic rings. The molecule has 0 unspecified atom stereocenters. The van der Waals surface area contributed by atoms with Crippen LogP contribution in [-0.2, 0) is 0 Å². The second-order valence-corrected chi connectivity index (χ2v) is 6.03. The topological polar surface area (TPSA) is 40.5 Å². The molecule has 0 saturated heterocycles. The number of phenolic OH excluding ortho intramolecular Hbond substituents is 2. The predicted octanol–water partition coefficient (Wildman–Crippen LogP) is 6.69. The van der Waals surface area contributed by atoms with Crippen molar-refractivity contribution in [2.24, 2.45) is 0 Å². The zero-order valence-corrected chi connectivity index (χ0v) is 13.9. The standard InChI is InChI=1S/C12H4Cl6O2/c13-3-1-2-4(19)5(7(3)14)6-8(15)9(16)10(17)11(18)12(6)20/h1-2,19-20H. The second-order valence-electron chi connectivity index (χ2n) is 3.74. The maximum absolute atomic E-state index is 10.1. The van der Waals surface area contributed by atoms with E-state index in [0.29, 0.717) is 0 Å². The van der Waals surface area contributed by atoms with Crippen LogP contribution < -0.4 is 0 Å². The van der Waals surface area contributed by atoms with Crippen molar-refractivity contribution in [1.29, 1.82) is 0 Å². The molecule has 20 heavy (non-hydrogen) atoms. The molecule has 0 radical (unpaired) electrons. The van der Waals surface area contributed by atoms with E-state index >= 15 is 0 Å². The minimum Gasteiger partial charge on any atom is -0.507 e. The van der Waals surface area contributed by atoms with Crippen molar-refractivity contribution >= 4 is 69.6 Å². The first-order valence-corrected chi connectivity index (χ1v) is 7.26. The van der Waals surface area contributed by atoms with Gasteiger partial charge < -0.3 is 10.2 Å². The molecule has 0 spiro atoms. The Morgan fingerprint density at radius 2 is 1.15 bits per heavy atom. The Morgan fingerprint density at radius 3 is 1.75 bits per heavy atom. The van der Waals surface area contributed by atoms with Gasteiger partial charge in [-0.15, -0.1) is 0 Å². The Morgan fingerprint density at radius 1 is 0.600 bits per heavy atom. The fraction of sp³-hybridized carbons (Fsp3) is 0. The number of halogens is 6. The van der Waals surface area contributed by atoms with Crippen LogP contribution in [0.5, 0.6) is 11.5 Å². The summed E-state index contributed by atoms with van der Waals surface area (Å²) in [5.41, 5.74) is -0.0294. The maximum atomic E-state index is 10.1. The Bertz CT molecular complexity index is 685. The summed E-state index contributed by atoms with van der Waals surface area (Å²) in [5, 5.41) is 19.7. The highest BCUT2D eigenvalue weighted by Crippen LogP contribution is 2.53. The molecule has 0 heterocycles. The lowest BCUT2D eigenvalue weighted by Crippen LogP contribution is -1.88. The second kappa shape index (κ2) is 5.88. The molecular formula is C12H4Cl6O2. The van der Waals surface area contributed by atoms with Crippen molar-refractivity contribution in [3.63, 3.8) is 0 Å². The summed E-state index contributed by atoms with van der Waals surface area (Å²) in [6.45, 7) is 0. The SMILES string of the molecule is Oc1ccc(Cl)c(Cl)c1-c1c(O)c(Cl)c(Cl)c(Cl)c1Cl. The van der Waals surface area contributed by atoms with E-state index in [-0.39, 0.29) is 47.0 Å². The molecule has 2 aromatic carbocycles. The molecule has 8 heteroatoms. The summed E-state index contributed by atoms with van der Waals surface area (Å²) in [6.07, 6.45) is 0. The molecule has 2 nitrogen and oxygen atoms in total. The normalized spacial score (nSPS) is 10.9. The van der Waals surface area contributed by atoms with Crippen LogP contribution in [-0.4, -0.2) is 10.2 Å². The monoisotopic (exact) mass is 390 g/mol. The largest absolute Gasteiger partial charge is 0.507 e. The number of phenols is 2. The van der Waals surface area contributed by atoms with Crippen LogP contribution in [0.15, 0.2) is 12.1 Å². The van der Waals surface area contributed by atoms with Gasteiger partial charge in [-0.1, -0.05) is 69.6 Å². The number of benzene rings is 2.